The SMILES string of the molecule is O=[N+]([O-])c1cccc(-c2nc3c4ccccc4ccc3n2CC23CC4CC(CC(C4)C2)C3)c1. The molecule has 0 N–H and O–H groups in total. The average Bonchev–Trinajstić information content (AvgIpc) is 3.16. The molecule has 0 spiro atoms. The summed E-state index contributed by atoms with van der Waals surface area (Å²) in [7, 11) is 0. The molecule has 4 aromatic rings. The van der Waals surface area contributed by atoms with Crippen molar-refractivity contribution >= 4 is 27.5 Å². The minimum absolute atomic E-state index is 0.116. The molecular weight excluding hydrogens is 410 g/mol. The van der Waals surface area contributed by atoms with E-state index in [4.69, 9.17) is 4.98 Å². The van der Waals surface area contributed by atoms with Gasteiger partial charge in [0.25, 0.3) is 5.69 Å². The molecule has 3 aromatic carbocycles. The molecule has 0 amide bonds. The Kier molecular flexibility index (Phi) is 4.03. The van der Waals surface area contributed by atoms with Crippen LogP contribution in [0.25, 0.3) is 33.2 Å². The molecule has 0 atom stereocenters. The Morgan fingerprint density at radius 3 is 2.39 bits per heavy atom. The Bertz CT molecular complexity index is 1380. The molecule has 5 nitrogen and oxygen atoms in total. The first-order chi connectivity index (χ1) is 16.1. The fraction of sp³-hybridized carbons (Fsp3) is 0.393. The topological polar surface area (TPSA) is 61.0 Å². The summed E-state index contributed by atoms with van der Waals surface area (Å²) in [6.07, 6.45) is 8.23. The minimum atomic E-state index is -0.315. The number of non-ortho nitro benzene ring substituents is 1. The zero-order valence-electron chi connectivity index (χ0n) is 18.6. The predicted molar refractivity (Wildman–Crippen MR) is 130 cm³/mol. The first kappa shape index (κ1) is 19.3. The van der Waals surface area contributed by atoms with Crippen LogP contribution in [0.2, 0.25) is 0 Å². The number of nitrogens with zero attached hydrogens (tertiary/aromatic N) is 3. The van der Waals surface area contributed by atoms with Gasteiger partial charge in [-0.15, -0.1) is 0 Å². The molecule has 4 fully saturated rings. The number of hydrogen-bond acceptors (Lipinski definition) is 3. The Hall–Kier alpha value is -3.21. The molecule has 4 saturated carbocycles. The normalized spacial score (nSPS) is 28.1. The molecule has 5 heteroatoms. The second kappa shape index (κ2) is 6.89. The number of benzene rings is 3. The molecule has 0 aliphatic heterocycles. The number of nitro groups is 1. The largest absolute Gasteiger partial charge is 0.323 e. The van der Waals surface area contributed by atoms with Crippen molar-refractivity contribution < 1.29 is 4.92 Å². The van der Waals surface area contributed by atoms with Crippen LogP contribution in [0.3, 0.4) is 0 Å². The monoisotopic (exact) mass is 437 g/mol. The van der Waals surface area contributed by atoms with E-state index in [0.29, 0.717) is 5.41 Å². The lowest BCUT2D eigenvalue weighted by Crippen LogP contribution is -2.47. The Balaban J connectivity index is 1.43. The summed E-state index contributed by atoms with van der Waals surface area (Å²) in [4.78, 5) is 16.3. The third-order valence-corrected chi connectivity index (χ3v) is 8.62. The van der Waals surface area contributed by atoms with Gasteiger partial charge < -0.3 is 4.57 Å². The number of fused-ring (bicyclic) bond motifs is 3. The van der Waals surface area contributed by atoms with Gasteiger partial charge in [-0.1, -0.05) is 42.5 Å². The van der Waals surface area contributed by atoms with Gasteiger partial charge in [-0.3, -0.25) is 10.1 Å². The second-order valence-electron chi connectivity index (χ2n) is 10.9. The van der Waals surface area contributed by atoms with Crippen LogP contribution in [0.5, 0.6) is 0 Å². The van der Waals surface area contributed by atoms with Crippen LogP contribution in [-0.4, -0.2) is 14.5 Å². The van der Waals surface area contributed by atoms with Crippen molar-refractivity contribution in [1.29, 1.82) is 0 Å². The zero-order valence-corrected chi connectivity index (χ0v) is 18.6. The highest BCUT2D eigenvalue weighted by Crippen LogP contribution is 2.61. The molecule has 8 rings (SSSR count). The van der Waals surface area contributed by atoms with Gasteiger partial charge in [0.1, 0.15) is 5.82 Å². The van der Waals surface area contributed by atoms with E-state index >= 15 is 0 Å². The average molecular weight is 438 g/mol. The van der Waals surface area contributed by atoms with Gasteiger partial charge in [-0.25, -0.2) is 4.98 Å². The van der Waals surface area contributed by atoms with E-state index in [0.717, 1.165) is 52.1 Å². The van der Waals surface area contributed by atoms with Gasteiger partial charge in [0.2, 0.25) is 0 Å². The van der Waals surface area contributed by atoms with E-state index in [9.17, 15) is 10.1 Å². The fourth-order valence-corrected chi connectivity index (χ4v) is 7.82. The highest BCUT2D eigenvalue weighted by Gasteiger charge is 2.51. The van der Waals surface area contributed by atoms with Crippen molar-refractivity contribution in [2.24, 2.45) is 23.2 Å². The summed E-state index contributed by atoms with van der Waals surface area (Å²) in [6.45, 7) is 0.962. The summed E-state index contributed by atoms with van der Waals surface area (Å²) < 4.78 is 2.40. The smallest absolute Gasteiger partial charge is 0.270 e. The third kappa shape index (κ3) is 3.01. The van der Waals surface area contributed by atoms with Gasteiger partial charge in [0.15, 0.2) is 0 Å². The maximum absolute atomic E-state index is 11.5. The fourth-order valence-electron chi connectivity index (χ4n) is 7.82. The molecule has 33 heavy (non-hydrogen) atoms. The van der Waals surface area contributed by atoms with Gasteiger partial charge in [-0.05, 0) is 73.1 Å². The van der Waals surface area contributed by atoms with Crippen molar-refractivity contribution in [2.75, 3.05) is 0 Å². The lowest BCUT2D eigenvalue weighted by Gasteiger charge is -2.57. The molecule has 4 aliphatic carbocycles. The maximum Gasteiger partial charge on any atom is 0.270 e. The molecule has 1 aromatic heterocycles. The maximum atomic E-state index is 11.5. The first-order valence-electron chi connectivity index (χ1n) is 12.2. The summed E-state index contributed by atoms with van der Waals surface area (Å²) in [5.41, 5.74) is 3.43. The number of rotatable bonds is 4. The lowest BCUT2D eigenvalue weighted by molar-refractivity contribution is -0.384. The van der Waals surface area contributed by atoms with Crippen molar-refractivity contribution in [3.05, 3.63) is 70.8 Å². The quantitative estimate of drug-likeness (QED) is 0.255. The number of imidazole rings is 1. The molecule has 0 unspecified atom stereocenters. The molecule has 166 valence electrons. The van der Waals surface area contributed by atoms with Crippen molar-refractivity contribution in [3.8, 4) is 11.4 Å². The van der Waals surface area contributed by atoms with Crippen LogP contribution >= 0.6 is 0 Å². The molecular formula is C28H27N3O2. The van der Waals surface area contributed by atoms with Crippen molar-refractivity contribution in [2.45, 2.75) is 45.1 Å². The highest BCUT2D eigenvalue weighted by molar-refractivity contribution is 6.05. The standard InChI is InChI=1S/C28H27N3O2/c32-31(33)23-6-3-5-22(13-23)27-29-26-24-7-2-1-4-21(24)8-9-25(26)30(27)17-28-14-18-10-19(15-28)12-20(11-18)16-28/h1-9,13,18-20H,10-12,14-17H2. The second-order valence-corrected chi connectivity index (χ2v) is 10.9. The molecule has 1 heterocycles. The third-order valence-electron chi connectivity index (χ3n) is 8.62. The van der Waals surface area contributed by atoms with Gasteiger partial charge in [-0.2, -0.15) is 0 Å². The number of hydrogen-bond donors (Lipinski definition) is 0. The van der Waals surface area contributed by atoms with Crippen LogP contribution in [0.15, 0.2) is 60.7 Å². The molecule has 0 radical (unpaired) electrons. The van der Waals surface area contributed by atoms with E-state index in [1.165, 1.54) is 43.9 Å². The van der Waals surface area contributed by atoms with Gasteiger partial charge in [0, 0.05) is 29.6 Å². The summed E-state index contributed by atoms with van der Waals surface area (Å²) in [5, 5.41) is 13.8. The van der Waals surface area contributed by atoms with E-state index in [1.54, 1.807) is 18.2 Å². The molecule has 4 bridgehead atoms. The van der Waals surface area contributed by atoms with Crippen LogP contribution in [0.1, 0.15) is 38.5 Å². The van der Waals surface area contributed by atoms with E-state index in [-0.39, 0.29) is 10.6 Å². The Labute approximate surface area is 192 Å². The Morgan fingerprint density at radius 2 is 1.67 bits per heavy atom. The van der Waals surface area contributed by atoms with Crippen LogP contribution in [0, 0.1) is 33.3 Å². The first-order valence-corrected chi connectivity index (χ1v) is 12.2. The van der Waals surface area contributed by atoms with E-state index < -0.39 is 0 Å². The van der Waals surface area contributed by atoms with E-state index in [2.05, 4.69) is 41.0 Å². The summed E-state index contributed by atoms with van der Waals surface area (Å²) >= 11 is 0. The van der Waals surface area contributed by atoms with Crippen LogP contribution in [-0.2, 0) is 6.54 Å². The highest BCUT2D eigenvalue weighted by atomic mass is 16.6. The predicted octanol–water partition coefficient (Wildman–Crippen LogP) is 6.98. The lowest BCUT2D eigenvalue weighted by atomic mass is 9.49. The molecule has 0 saturated heterocycles. The van der Waals surface area contributed by atoms with Crippen molar-refractivity contribution in [3.63, 3.8) is 0 Å². The zero-order chi connectivity index (χ0) is 22.2. The van der Waals surface area contributed by atoms with Gasteiger partial charge >= 0.3 is 0 Å². The molecule has 4 aliphatic rings. The summed E-state index contributed by atoms with van der Waals surface area (Å²) in [6, 6.07) is 19.8. The number of nitro benzene ring substituents is 1. The van der Waals surface area contributed by atoms with Crippen LogP contribution < -0.4 is 0 Å². The van der Waals surface area contributed by atoms with Crippen molar-refractivity contribution in [1.82, 2.24) is 9.55 Å². The Morgan fingerprint density at radius 1 is 0.939 bits per heavy atom. The van der Waals surface area contributed by atoms with Gasteiger partial charge in [0.05, 0.1) is 16.0 Å². The van der Waals surface area contributed by atoms with Crippen LogP contribution in [0.4, 0.5) is 5.69 Å². The number of aromatic nitrogens is 2. The minimum Gasteiger partial charge on any atom is -0.323 e. The van der Waals surface area contributed by atoms with E-state index in [1.807, 2.05) is 6.07 Å². The summed E-state index contributed by atoms with van der Waals surface area (Å²) in [5.74, 6) is 3.51.